The predicted molar refractivity (Wildman–Crippen MR) is 76.4 cm³/mol. The lowest BCUT2D eigenvalue weighted by Gasteiger charge is -2.22. The van der Waals surface area contributed by atoms with E-state index in [1.807, 2.05) is 0 Å². The number of nitro groups is 1. The average Bonchev–Trinajstić information content (AvgIpc) is 2.61. The molecule has 0 aromatic heterocycles. The zero-order chi connectivity index (χ0) is 16.7. The fraction of sp³-hybridized carbons (Fsp3) is 0.357. The van der Waals surface area contributed by atoms with Crippen molar-refractivity contribution in [2.24, 2.45) is 0 Å². The molecule has 0 spiro atoms. The monoisotopic (exact) mass is 305 g/mol. The van der Waals surface area contributed by atoms with Gasteiger partial charge in [0.25, 0.3) is 17.5 Å². The first kappa shape index (κ1) is 15.6. The van der Waals surface area contributed by atoms with Crippen LogP contribution in [0.15, 0.2) is 18.2 Å². The summed E-state index contributed by atoms with van der Waals surface area (Å²) in [4.78, 5) is 47.1. The highest BCUT2D eigenvalue weighted by Crippen LogP contribution is 2.26. The third kappa shape index (κ3) is 2.95. The molecule has 0 fully saturated rings. The zero-order valence-electron chi connectivity index (χ0n) is 12.4. The number of imide groups is 1. The fourth-order valence-electron chi connectivity index (χ4n) is 2.14. The maximum Gasteiger partial charge on any atom is 0.270 e. The third-order valence-electron chi connectivity index (χ3n) is 2.98. The summed E-state index contributed by atoms with van der Waals surface area (Å²) in [5.41, 5.74) is -0.753. The Bertz CT molecular complexity index is 690. The van der Waals surface area contributed by atoms with Gasteiger partial charge in [-0.3, -0.25) is 29.4 Å². The first-order chi connectivity index (χ1) is 10.1. The molecule has 0 saturated heterocycles. The van der Waals surface area contributed by atoms with E-state index in [1.54, 1.807) is 20.8 Å². The van der Waals surface area contributed by atoms with Crippen molar-refractivity contribution in [3.05, 3.63) is 39.4 Å². The second-order valence-electron chi connectivity index (χ2n) is 5.98. The average molecular weight is 305 g/mol. The summed E-state index contributed by atoms with van der Waals surface area (Å²) in [5.74, 6) is -1.80. The Morgan fingerprint density at radius 1 is 1.23 bits per heavy atom. The molecule has 0 bridgehead atoms. The third-order valence-corrected chi connectivity index (χ3v) is 2.98. The molecule has 0 radical (unpaired) electrons. The van der Waals surface area contributed by atoms with Crippen molar-refractivity contribution in [3.63, 3.8) is 0 Å². The van der Waals surface area contributed by atoms with Gasteiger partial charge in [0, 0.05) is 17.7 Å². The van der Waals surface area contributed by atoms with Gasteiger partial charge in [-0.05, 0) is 26.8 Å². The van der Waals surface area contributed by atoms with Crippen LogP contribution in [-0.4, -0.2) is 39.6 Å². The molecular formula is C14H15N3O5. The highest BCUT2D eigenvalue weighted by molar-refractivity contribution is 6.22. The number of benzene rings is 1. The smallest absolute Gasteiger partial charge is 0.270 e. The number of nitrogens with zero attached hydrogens (tertiary/aromatic N) is 2. The van der Waals surface area contributed by atoms with Crippen molar-refractivity contribution in [2.45, 2.75) is 26.3 Å². The molecule has 2 rings (SSSR count). The van der Waals surface area contributed by atoms with Crippen LogP contribution >= 0.6 is 0 Å². The Morgan fingerprint density at radius 2 is 1.82 bits per heavy atom. The Labute approximate surface area is 126 Å². The van der Waals surface area contributed by atoms with Crippen LogP contribution in [0.1, 0.15) is 41.5 Å². The number of amides is 3. The van der Waals surface area contributed by atoms with Gasteiger partial charge in [0.2, 0.25) is 5.91 Å². The van der Waals surface area contributed by atoms with Gasteiger partial charge in [-0.1, -0.05) is 0 Å². The molecule has 1 aromatic rings. The molecule has 1 aliphatic heterocycles. The molecule has 0 aliphatic carbocycles. The Kier molecular flexibility index (Phi) is 3.70. The number of hydrogen-bond donors (Lipinski definition) is 1. The topological polar surface area (TPSA) is 110 Å². The van der Waals surface area contributed by atoms with Gasteiger partial charge >= 0.3 is 0 Å². The number of fused-ring (bicyclic) bond motifs is 1. The number of carbonyl (C=O) groups excluding carboxylic acids is 3. The molecule has 116 valence electrons. The molecule has 1 heterocycles. The first-order valence-electron chi connectivity index (χ1n) is 6.56. The summed E-state index contributed by atoms with van der Waals surface area (Å²) in [7, 11) is 0. The Morgan fingerprint density at radius 3 is 2.36 bits per heavy atom. The highest BCUT2D eigenvalue weighted by atomic mass is 16.6. The summed E-state index contributed by atoms with van der Waals surface area (Å²) in [5, 5.41) is 13.4. The van der Waals surface area contributed by atoms with E-state index in [-0.39, 0.29) is 16.8 Å². The highest BCUT2D eigenvalue weighted by Gasteiger charge is 2.38. The van der Waals surface area contributed by atoms with Crippen molar-refractivity contribution in [1.29, 1.82) is 0 Å². The van der Waals surface area contributed by atoms with Gasteiger partial charge in [0.1, 0.15) is 6.54 Å². The van der Waals surface area contributed by atoms with Gasteiger partial charge in [0.15, 0.2) is 0 Å². The summed E-state index contributed by atoms with van der Waals surface area (Å²) in [6.45, 7) is 4.90. The molecule has 0 unspecified atom stereocenters. The number of nitrogens with one attached hydrogen (secondary N) is 1. The van der Waals surface area contributed by atoms with Crippen molar-refractivity contribution < 1.29 is 19.3 Å². The van der Waals surface area contributed by atoms with Crippen LogP contribution in [0.5, 0.6) is 0 Å². The normalized spacial score (nSPS) is 14.0. The van der Waals surface area contributed by atoms with Gasteiger partial charge in [-0.2, -0.15) is 0 Å². The summed E-state index contributed by atoms with van der Waals surface area (Å²) in [6, 6.07) is 3.44. The van der Waals surface area contributed by atoms with E-state index in [4.69, 9.17) is 0 Å². The molecule has 1 N–H and O–H groups in total. The number of non-ortho nitro benzene ring substituents is 1. The molecule has 22 heavy (non-hydrogen) atoms. The lowest BCUT2D eigenvalue weighted by molar-refractivity contribution is -0.384. The quantitative estimate of drug-likeness (QED) is 0.511. The lowest BCUT2D eigenvalue weighted by Crippen LogP contribution is -2.47. The minimum Gasteiger partial charge on any atom is -0.350 e. The van der Waals surface area contributed by atoms with Gasteiger partial charge in [-0.15, -0.1) is 0 Å². The van der Waals surface area contributed by atoms with Crippen molar-refractivity contribution >= 4 is 23.4 Å². The van der Waals surface area contributed by atoms with E-state index in [9.17, 15) is 24.5 Å². The fourth-order valence-corrected chi connectivity index (χ4v) is 2.14. The van der Waals surface area contributed by atoms with Gasteiger partial charge in [0.05, 0.1) is 16.1 Å². The molecule has 8 heteroatoms. The number of carbonyl (C=O) groups is 3. The number of nitro benzene ring substituents is 1. The van der Waals surface area contributed by atoms with Crippen LogP contribution in [0, 0.1) is 10.1 Å². The van der Waals surface area contributed by atoms with Gasteiger partial charge < -0.3 is 5.32 Å². The van der Waals surface area contributed by atoms with E-state index in [0.717, 1.165) is 17.0 Å². The van der Waals surface area contributed by atoms with E-state index in [0.29, 0.717) is 0 Å². The molecule has 0 saturated carbocycles. The number of hydrogen-bond acceptors (Lipinski definition) is 5. The summed E-state index contributed by atoms with van der Waals surface area (Å²) in [6.07, 6.45) is 0. The molecular weight excluding hydrogens is 290 g/mol. The van der Waals surface area contributed by atoms with E-state index in [1.165, 1.54) is 6.07 Å². The number of rotatable bonds is 3. The van der Waals surface area contributed by atoms with Crippen molar-refractivity contribution in [2.75, 3.05) is 6.54 Å². The largest absolute Gasteiger partial charge is 0.350 e. The second-order valence-corrected chi connectivity index (χ2v) is 5.98. The summed E-state index contributed by atoms with van der Waals surface area (Å²) >= 11 is 0. The van der Waals surface area contributed by atoms with Gasteiger partial charge in [-0.25, -0.2) is 0 Å². The minimum atomic E-state index is -0.701. The van der Waals surface area contributed by atoms with Crippen LogP contribution in [0.3, 0.4) is 0 Å². The molecule has 3 amide bonds. The van der Waals surface area contributed by atoms with Crippen LogP contribution in [0.2, 0.25) is 0 Å². The Hall–Kier alpha value is -2.77. The molecule has 1 aromatic carbocycles. The van der Waals surface area contributed by atoms with E-state index in [2.05, 4.69) is 5.32 Å². The van der Waals surface area contributed by atoms with Crippen LogP contribution in [-0.2, 0) is 4.79 Å². The standard InChI is InChI=1S/C14H15N3O5/c1-14(2,3)15-11(18)7-16-12(19)9-5-4-8(17(21)22)6-10(9)13(16)20/h4-6H,7H2,1-3H3,(H,15,18). The van der Waals surface area contributed by atoms with E-state index >= 15 is 0 Å². The molecule has 8 nitrogen and oxygen atoms in total. The SMILES string of the molecule is CC(C)(C)NC(=O)CN1C(=O)c2ccc([N+](=O)[O-])cc2C1=O. The zero-order valence-corrected chi connectivity index (χ0v) is 12.4. The first-order valence-corrected chi connectivity index (χ1v) is 6.56. The Balaban J connectivity index is 2.24. The van der Waals surface area contributed by atoms with E-state index < -0.39 is 34.7 Å². The van der Waals surface area contributed by atoms with Crippen LogP contribution in [0.4, 0.5) is 5.69 Å². The molecule has 0 atom stereocenters. The van der Waals surface area contributed by atoms with Crippen molar-refractivity contribution in [1.82, 2.24) is 10.2 Å². The minimum absolute atomic E-state index is 0.0530. The van der Waals surface area contributed by atoms with Crippen molar-refractivity contribution in [3.8, 4) is 0 Å². The maximum atomic E-state index is 12.2. The molecule has 1 aliphatic rings. The van der Waals surface area contributed by atoms with Crippen LogP contribution in [0.25, 0.3) is 0 Å². The lowest BCUT2D eigenvalue weighted by atomic mass is 10.1. The summed E-state index contributed by atoms with van der Waals surface area (Å²) < 4.78 is 0. The second kappa shape index (κ2) is 5.21. The predicted octanol–water partition coefficient (Wildman–Crippen LogP) is 1.11. The maximum absolute atomic E-state index is 12.2. The van der Waals surface area contributed by atoms with Crippen LogP contribution < -0.4 is 5.32 Å².